The Morgan fingerprint density at radius 1 is 1.04 bits per heavy atom. The predicted molar refractivity (Wildman–Crippen MR) is 104 cm³/mol. The van der Waals surface area contributed by atoms with Crippen molar-refractivity contribution >= 4 is 22.7 Å². The van der Waals surface area contributed by atoms with Crippen molar-refractivity contribution in [2.24, 2.45) is 0 Å². The van der Waals surface area contributed by atoms with E-state index < -0.39 is 0 Å². The fraction of sp³-hybridized carbons (Fsp3) is 0.333. The summed E-state index contributed by atoms with van der Waals surface area (Å²) in [5.41, 5.74) is 5.77. The van der Waals surface area contributed by atoms with Gasteiger partial charge in [-0.3, -0.25) is 0 Å². The molecule has 3 aromatic rings. The third kappa shape index (κ3) is 3.11. The van der Waals surface area contributed by atoms with Gasteiger partial charge in [0.15, 0.2) is 0 Å². The lowest BCUT2D eigenvalue weighted by atomic mass is 10.1. The smallest absolute Gasteiger partial charge is 0.0468 e. The normalized spacial score (nSPS) is 14.6. The molecular formula is C21H24N2S. The number of thioether (sulfide) groups is 1. The van der Waals surface area contributed by atoms with Gasteiger partial charge in [0.25, 0.3) is 0 Å². The average Bonchev–Trinajstić information content (AvgIpc) is 3.16. The van der Waals surface area contributed by atoms with Gasteiger partial charge in [-0.1, -0.05) is 30.3 Å². The summed E-state index contributed by atoms with van der Waals surface area (Å²) < 4.78 is 0. The van der Waals surface area contributed by atoms with Gasteiger partial charge < -0.3 is 9.88 Å². The van der Waals surface area contributed by atoms with Crippen LogP contribution in [-0.4, -0.2) is 35.8 Å². The molecule has 1 aliphatic rings. The number of H-pyrrole nitrogens is 1. The van der Waals surface area contributed by atoms with Crippen molar-refractivity contribution in [1.29, 1.82) is 0 Å². The van der Waals surface area contributed by atoms with Crippen LogP contribution in [0.2, 0.25) is 0 Å². The molecule has 1 aromatic heterocycles. The van der Waals surface area contributed by atoms with Crippen LogP contribution in [0.25, 0.3) is 10.9 Å². The molecule has 1 aliphatic carbocycles. The van der Waals surface area contributed by atoms with Gasteiger partial charge in [-0.15, -0.1) is 11.8 Å². The Morgan fingerprint density at radius 3 is 2.50 bits per heavy atom. The van der Waals surface area contributed by atoms with Crippen LogP contribution in [0.3, 0.4) is 0 Å². The van der Waals surface area contributed by atoms with E-state index in [1.165, 1.54) is 45.3 Å². The largest absolute Gasteiger partial charge is 0.361 e. The van der Waals surface area contributed by atoms with Crippen molar-refractivity contribution in [3.05, 3.63) is 65.4 Å². The number of rotatable bonds is 5. The third-order valence-electron chi connectivity index (χ3n) is 4.88. The number of hydrogen-bond donors (Lipinski definition) is 1. The molecule has 2 aromatic carbocycles. The first kappa shape index (κ1) is 15.8. The van der Waals surface area contributed by atoms with E-state index in [9.17, 15) is 0 Å². The van der Waals surface area contributed by atoms with Crippen LogP contribution >= 0.6 is 11.8 Å². The Kier molecular flexibility index (Phi) is 4.38. The van der Waals surface area contributed by atoms with Crippen molar-refractivity contribution in [3.8, 4) is 0 Å². The fourth-order valence-electron chi connectivity index (χ4n) is 3.64. The second-order valence-electron chi connectivity index (χ2n) is 6.96. The number of nitrogens with one attached hydrogen (secondary N) is 1. The van der Waals surface area contributed by atoms with E-state index in [4.69, 9.17) is 0 Å². The lowest BCUT2D eigenvalue weighted by Crippen LogP contribution is -2.14. The summed E-state index contributed by atoms with van der Waals surface area (Å²) >= 11 is 2.06. The molecule has 1 N–H and O–H groups in total. The van der Waals surface area contributed by atoms with Crippen LogP contribution in [-0.2, 0) is 19.3 Å². The SMILES string of the molecule is CN(C)CCc1c[nH]c2cccc(SC3Cc4ccccc4C3)c12. The molecule has 0 saturated heterocycles. The number of benzene rings is 2. The molecule has 0 radical (unpaired) electrons. The van der Waals surface area contributed by atoms with Gasteiger partial charge in [-0.05, 0) is 62.2 Å². The first-order chi connectivity index (χ1) is 11.7. The zero-order valence-corrected chi connectivity index (χ0v) is 15.2. The minimum Gasteiger partial charge on any atom is -0.361 e. The number of aromatic nitrogens is 1. The molecule has 1 heterocycles. The molecule has 0 spiro atoms. The summed E-state index contributed by atoms with van der Waals surface area (Å²) in [6.07, 6.45) is 5.67. The fourth-order valence-corrected chi connectivity index (χ4v) is 5.04. The van der Waals surface area contributed by atoms with E-state index in [1.54, 1.807) is 0 Å². The van der Waals surface area contributed by atoms with Crippen LogP contribution in [0, 0.1) is 0 Å². The summed E-state index contributed by atoms with van der Waals surface area (Å²) in [4.78, 5) is 7.15. The van der Waals surface area contributed by atoms with E-state index >= 15 is 0 Å². The molecule has 0 fully saturated rings. The van der Waals surface area contributed by atoms with Gasteiger partial charge >= 0.3 is 0 Å². The molecule has 0 unspecified atom stereocenters. The minimum absolute atomic E-state index is 0.657. The maximum Gasteiger partial charge on any atom is 0.0468 e. The van der Waals surface area contributed by atoms with E-state index in [2.05, 4.69) is 84.4 Å². The molecule has 0 bridgehead atoms. The molecule has 0 saturated carbocycles. The summed E-state index contributed by atoms with van der Waals surface area (Å²) in [5.74, 6) is 0. The predicted octanol–water partition coefficient (Wildman–Crippen LogP) is 4.53. The van der Waals surface area contributed by atoms with Crippen LogP contribution in [0.15, 0.2) is 53.6 Å². The number of hydrogen-bond acceptors (Lipinski definition) is 2. The molecule has 0 atom stereocenters. The van der Waals surface area contributed by atoms with Crippen LogP contribution in [0.4, 0.5) is 0 Å². The molecule has 0 aliphatic heterocycles. The molecule has 2 nitrogen and oxygen atoms in total. The second kappa shape index (κ2) is 6.66. The minimum atomic E-state index is 0.657. The van der Waals surface area contributed by atoms with Crippen LogP contribution < -0.4 is 0 Å². The standard InChI is InChI=1S/C21H24N2S/c1-23(2)11-10-17-14-22-19-8-5-9-20(21(17)19)24-18-12-15-6-3-4-7-16(15)13-18/h3-9,14,18,22H,10-13H2,1-2H3. The highest BCUT2D eigenvalue weighted by Crippen LogP contribution is 2.38. The van der Waals surface area contributed by atoms with Gasteiger partial charge in [0.1, 0.15) is 0 Å². The number of nitrogens with zero attached hydrogens (tertiary/aromatic N) is 1. The number of likely N-dealkylation sites (N-methyl/N-ethyl adjacent to an activating group) is 1. The van der Waals surface area contributed by atoms with Gasteiger partial charge in [0, 0.05) is 33.8 Å². The van der Waals surface area contributed by atoms with Crippen molar-refractivity contribution < 1.29 is 0 Å². The quantitative estimate of drug-likeness (QED) is 0.738. The highest BCUT2D eigenvalue weighted by atomic mass is 32.2. The Balaban J connectivity index is 1.59. The van der Waals surface area contributed by atoms with Crippen molar-refractivity contribution in [1.82, 2.24) is 9.88 Å². The summed E-state index contributed by atoms with van der Waals surface area (Å²) in [7, 11) is 4.28. The molecular weight excluding hydrogens is 312 g/mol. The molecule has 24 heavy (non-hydrogen) atoms. The Morgan fingerprint density at radius 2 is 1.79 bits per heavy atom. The summed E-state index contributed by atoms with van der Waals surface area (Å²) in [6.45, 7) is 1.08. The molecule has 3 heteroatoms. The van der Waals surface area contributed by atoms with E-state index in [0.29, 0.717) is 5.25 Å². The van der Waals surface area contributed by atoms with E-state index in [-0.39, 0.29) is 0 Å². The average molecular weight is 337 g/mol. The number of fused-ring (bicyclic) bond motifs is 2. The lowest BCUT2D eigenvalue weighted by molar-refractivity contribution is 0.414. The zero-order valence-electron chi connectivity index (χ0n) is 14.4. The van der Waals surface area contributed by atoms with Crippen molar-refractivity contribution in [2.75, 3.05) is 20.6 Å². The summed E-state index contributed by atoms with van der Waals surface area (Å²) in [5, 5.41) is 2.09. The lowest BCUT2D eigenvalue weighted by Gasteiger charge is -2.12. The van der Waals surface area contributed by atoms with E-state index in [0.717, 1.165) is 13.0 Å². The second-order valence-corrected chi connectivity index (χ2v) is 8.30. The topological polar surface area (TPSA) is 19.0 Å². The van der Waals surface area contributed by atoms with Gasteiger partial charge in [-0.2, -0.15) is 0 Å². The summed E-state index contributed by atoms with van der Waals surface area (Å²) in [6, 6.07) is 15.6. The van der Waals surface area contributed by atoms with Gasteiger partial charge in [-0.25, -0.2) is 0 Å². The van der Waals surface area contributed by atoms with Gasteiger partial charge in [0.2, 0.25) is 0 Å². The third-order valence-corrected chi connectivity index (χ3v) is 6.15. The highest BCUT2D eigenvalue weighted by Gasteiger charge is 2.23. The first-order valence-corrected chi connectivity index (χ1v) is 9.56. The first-order valence-electron chi connectivity index (χ1n) is 8.68. The number of aromatic amines is 1. The van der Waals surface area contributed by atoms with Gasteiger partial charge in [0.05, 0.1) is 0 Å². The Hall–Kier alpha value is -1.71. The maximum atomic E-state index is 3.46. The van der Waals surface area contributed by atoms with E-state index in [1.807, 2.05) is 0 Å². The highest BCUT2D eigenvalue weighted by molar-refractivity contribution is 8.00. The molecule has 4 rings (SSSR count). The molecule has 0 amide bonds. The Bertz CT molecular complexity index is 825. The van der Waals surface area contributed by atoms with Crippen LogP contribution in [0.5, 0.6) is 0 Å². The Labute approximate surface area is 148 Å². The zero-order chi connectivity index (χ0) is 16.5. The maximum absolute atomic E-state index is 3.46. The van der Waals surface area contributed by atoms with Crippen molar-refractivity contribution in [2.45, 2.75) is 29.4 Å². The monoisotopic (exact) mass is 336 g/mol. The molecule has 124 valence electrons. The van der Waals surface area contributed by atoms with Crippen molar-refractivity contribution in [3.63, 3.8) is 0 Å². The van der Waals surface area contributed by atoms with Crippen LogP contribution in [0.1, 0.15) is 16.7 Å².